The van der Waals surface area contributed by atoms with Crippen molar-refractivity contribution >= 4 is 22.6 Å². The van der Waals surface area contributed by atoms with Crippen molar-refractivity contribution in [2.75, 3.05) is 21.3 Å². The van der Waals surface area contributed by atoms with Crippen LogP contribution in [0.5, 0.6) is 11.5 Å². The molecule has 0 aliphatic carbocycles. The number of methoxy groups -OCH3 is 2. The van der Waals surface area contributed by atoms with Gasteiger partial charge in [0.15, 0.2) is 11.5 Å². The summed E-state index contributed by atoms with van der Waals surface area (Å²) in [6, 6.07) is 4.07. The Labute approximate surface area is 97.9 Å². The third-order valence-electron chi connectivity index (χ3n) is 1.87. The van der Waals surface area contributed by atoms with E-state index in [-0.39, 0.29) is 0 Å². The van der Waals surface area contributed by atoms with Crippen molar-refractivity contribution in [2.24, 2.45) is 0 Å². The molecule has 3 nitrogen and oxygen atoms in total. The zero-order valence-electron chi connectivity index (χ0n) is 8.56. The summed E-state index contributed by atoms with van der Waals surface area (Å²) in [5, 5.41) is 3.10. The molecule has 1 aromatic carbocycles. The summed E-state index contributed by atoms with van der Waals surface area (Å²) in [6.45, 7) is 0.830. The van der Waals surface area contributed by atoms with Crippen molar-refractivity contribution in [1.29, 1.82) is 0 Å². The van der Waals surface area contributed by atoms with Crippen molar-refractivity contribution in [2.45, 2.75) is 6.54 Å². The summed E-state index contributed by atoms with van der Waals surface area (Å²) in [6.07, 6.45) is 0. The lowest BCUT2D eigenvalue weighted by atomic mass is 10.2. The number of hydrogen-bond donors (Lipinski definition) is 1. The molecule has 0 atom stereocenters. The van der Waals surface area contributed by atoms with Crippen LogP contribution in [0.4, 0.5) is 0 Å². The topological polar surface area (TPSA) is 30.5 Å². The monoisotopic (exact) mass is 307 g/mol. The molecule has 0 heterocycles. The SMILES string of the molecule is CNCc1cc(I)c(OC)c(OC)c1. The fourth-order valence-electron chi connectivity index (χ4n) is 1.28. The molecule has 0 aliphatic rings. The molecule has 0 bridgehead atoms. The van der Waals surface area contributed by atoms with Crippen LogP contribution in [0.1, 0.15) is 5.56 Å². The van der Waals surface area contributed by atoms with Crippen LogP contribution in [0, 0.1) is 3.57 Å². The molecule has 0 saturated heterocycles. The van der Waals surface area contributed by atoms with E-state index in [2.05, 4.69) is 34.0 Å². The minimum atomic E-state index is 0.782. The van der Waals surface area contributed by atoms with Gasteiger partial charge in [-0.1, -0.05) is 0 Å². The first-order valence-corrected chi connectivity index (χ1v) is 5.35. The zero-order valence-corrected chi connectivity index (χ0v) is 10.7. The number of ether oxygens (including phenoxy) is 2. The molecule has 4 heteroatoms. The maximum atomic E-state index is 5.25. The van der Waals surface area contributed by atoms with Gasteiger partial charge in [-0.2, -0.15) is 0 Å². The van der Waals surface area contributed by atoms with Crippen LogP contribution in [-0.2, 0) is 6.54 Å². The number of benzene rings is 1. The molecule has 0 amide bonds. The highest BCUT2D eigenvalue weighted by atomic mass is 127. The van der Waals surface area contributed by atoms with Crippen molar-refractivity contribution < 1.29 is 9.47 Å². The van der Waals surface area contributed by atoms with E-state index in [1.807, 2.05) is 13.1 Å². The summed E-state index contributed by atoms with van der Waals surface area (Å²) >= 11 is 2.24. The summed E-state index contributed by atoms with van der Waals surface area (Å²) in [7, 11) is 5.22. The van der Waals surface area contributed by atoms with E-state index in [0.717, 1.165) is 21.6 Å². The average Bonchev–Trinajstić information content (AvgIpc) is 2.17. The molecule has 0 fully saturated rings. The van der Waals surface area contributed by atoms with Gasteiger partial charge in [0, 0.05) is 6.54 Å². The Morgan fingerprint density at radius 1 is 1.29 bits per heavy atom. The maximum Gasteiger partial charge on any atom is 0.174 e. The highest BCUT2D eigenvalue weighted by molar-refractivity contribution is 14.1. The first kappa shape index (κ1) is 11.6. The van der Waals surface area contributed by atoms with E-state index < -0.39 is 0 Å². The van der Waals surface area contributed by atoms with Crippen LogP contribution < -0.4 is 14.8 Å². The molecule has 78 valence electrons. The van der Waals surface area contributed by atoms with E-state index in [0.29, 0.717) is 0 Å². The van der Waals surface area contributed by atoms with E-state index in [4.69, 9.17) is 9.47 Å². The largest absolute Gasteiger partial charge is 0.493 e. The molecule has 0 radical (unpaired) electrons. The van der Waals surface area contributed by atoms with Crippen molar-refractivity contribution in [3.05, 3.63) is 21.3 Å². The Morgan fingerprint density at radius 3 is 2.50 bits per heavy atom. The lowest BCUT2D eigenvalue weighted by Crippen LogP contribution is -2.06. The Hall–Kier alpha value is -0.490. The number of rotatable bonds is 4. The Kier molecular flexibility index (Phi) is 4.47. The van der Waals surface area contributed by atoms with E-state index >= 15 is 0 Å². The second-order valence-corrected chi connectivity index (χ2v) is 4.01. The fourth-order valence-corrected chi connectivity index (χ4v) is 2.16. The normalized spacial score (nSPS) is 10.0. The van der Waals surface area contributed by atoms with Gasteiger partial charge in [0.2, 0.25) is 0 Å². The number of hydrogen-bond acceptors (Lipinski definition) is 3. The van der Waals surface area contributed by atoms with Crippen LogP contribution in [0.15, 0.2) is 12.1 Å². The average molecular weight is 307 g/mol. The summed E-state index contributed by atoms with van der Waals surface area (Å²) in [4.78, 5) is 0. The van der Waals surface area contributed by atoms with Gasteiger partial charge >= 0.3 is 0 Å². The Morgan fingerprint density at radius 2 is 2.00 bits per heavy atom. The second-order valence-electron chi connectivity index (χ2n) is 2.84. The summed E-state index contributed by atoms with van der Waals surface area (Å²) < 4.78 is 11.6. The van der Waals surface area contributed by atoms with Crippen molar-refractivity contribution in [3.8, 4) is 11.5 Å². The molecular formula is C10H14INO2. The van der Waals surface area contributed by atoms with Gasteiger partial charge in [0.1, 0.15) is 0 Å². The van der Waals surface area contributed by atoms with Gasteiger partial charge in [-0.15, -0.1) is 0 Å². The van der Waals surface area contributed by atoms with E-state index in [9.17, 15) is 0 Å². The zero-order chi connectivity index (χ0) is 10.6. The number of nitrogens with one attached hydrogen (secondary N) is 1. The van der Waals surface area contributed by atoms with Gasteiger partial charge < -0.3 is 14.8 Å². The molecular weight excluding hydrogens is 293 g/mol. The summed E-state index contributed by atoms with van der Waals surface area (Å²) in [5.74, 6) is 1.58. The van der Waals surface area contributed by atoms with Gasteiger partial charge in [-0.25, -0.2) is 0 Å². The van der Waals surface area contributed by atoms with Crippen LogP contribution in [0.2, 0.25) is 0 Å². The van der Waals surface area contributed by atoms with Crippen LogP contribution in [0.25, 0.3) is 0 Å². The fraction of sp³-hybridized carbons (Fsp3) is 0.400. The van der Waals surface area contributed by atoms with Gasteiger partial charge in [-0.3, -0.25) is 0 Å². The first-order chi connectivity index (χ1) is 6.72. The minimum absolute atomic E-state index is 0.782. The quantitative estimate of drug-likeness (QED) is 0.864. The molecule has 0 aliphatic heterocycles. The van der Waals surface area contributed by atoms with Gasteiger partial charge in [-0.05, 0) is 47.3 Å². The minimum Gasteiger partial charge on any atom is -0.493 e. The van der Waals surface area contributed by atoms with Gasteiger partial charge in [0.05, 0.1) is 17.8 Å². The highest BCUT2D eigenvalue weighted by Gasteiger charge is 2.09. The molecule has 0 spiro atoms. The Bertz CT molecular complexity index is 315. The third-order valence-corrected chi connectivity index (χ3v) is 2.68. The van der Waals surface area contributed by atoms with Crippen LogP contribution in [-0.4, -0.2) is 21.3 Å². The smallest absolute Gasteiger partial charge is 0.174 e. The second kappa shape index (κ2) is 5.41. The molecule has 1 rings (SSSR count). The molecule has 0 saturated carbocycles. The predicted octanol–water partition coefficient (Wildman–Crippen LogP) is 2.03. The number of halogens is 1. The van der Waals surface area contributed by atoms with Crippen molar-refractivity contribution in [3.63, 3.8) is 0 Å². The standard InChI is InChI=1S/C10H14INO2/c1-12-6-7-4-8(11)10(14-3)9(5-7)13-2/h4-5,12H,6H2,1-3H3. The third kappa shape index (κ3) is 2.51. The Balaban J connectivity index is 3.10. The predicted molar refractivity (Wildman–Crippen MR) is 65.0 cm³/mol. The van der Waals surface area contributed by atoms with E-state index in [1.165, 1.54) is 5.56 Å². The lowest BCUT2D eigenvalue weighted by Gasteiger charge is -2.11. The maximum absolute atomic E-state index is 5.25. The first-order valence-electron chi connectivity index (χ1n) is 4.28. The van der Waals surface area contributed by atoms with Crippen molar-refractivity contribution in [1.82, 2.24) is 5.32 Å². The molecule has 0 aromatic heterocycles. The van der Waals surface area contributed by atoms with Gasteiger partial charge in [0.25, 0.3) is 0 Å². The van der Waals surface area contributed by atoms with Crippen LogP contribution in [0.3, 0.4) is 0 Å². The highest BCUT2D eigenvalue weighted by Crippen LogP contribution is 2.33. The molecule has 0 unspecified atom stereocenters. The summed E-state index contributed by atoms with van der Waals surface area (Å²) in [5.41, 5.74) is 1.19. The molecule has 1 aromatic rings. The lowest BCUT2D eigenvalue weighted by molar-refractivity contribution is 0.352. The van der Waals surface area contributed by atoms with E-state index in [1.54, 1.807) is 14.2 Å². The molecule has 1 N–H and O–H groups in total. The van der Waals surface area contributed by atoms with Crippen LogP contribution >= 0.6 is 22.6 Å². The molecule has 14 heavy (non-hydrogen) atoms.